The van der Waals surface area contributed by atoms with Gasteiger partial charge in [0.1, 0.15) is 11.3 Å². The molecule has 6 heteroatoms. The first-order valence-corrected chi connectivity index (χ1v) is 10.6. The molecule has 0 amide bonds. The molecular weight excluding hydrogens is 352 g/mol. The normalized spacial score (nSPS) is 21.3. The molecule has 26 heavy (non-hydrogen) atoms. The van der Waals surface area contributed by atoms with Gasteiger partial charge in [-0.25, -0.2) is 0 Å². The molecule has 2 aromatic carbocycles. The highest BCUT2D eigenvalue weighted by atomic mass is 32.2. The maximum atomic E-state index is 12.6. The van der Waals surface area contributed by atoms with Crippen molar-refractivity contribution < 1.29 is 17.0 Å². The van der Waals surface area contributed by atoms with E-state index in [0.717, 1.165) is 29.9 Å². The van der Waals surface area contributed by atoms with Gasteiger partial charge < -0.3 is 4.42 Å². The van der Waals surface area contributed by atoms with Crippen LogP contribution in [0.4, 0.5) is 0 Å². The summed E-state index contributed by atoms with van der Waals surface area (Å²) in [6, 6.07) is 13.1. The summed E-state index contributed by atoms with van der Waals surface area (Å²) >= 11 is 0. The van der Waals surface area contributed by atoms with Gasteiger partial charge >= 0.3 is 0 Å². The lowest BCUT2D eigenvalue weighted by molar-refractivity contribution is 0.146. The van der Waals surface area contributed by atoms with Gasteiger partial charge in [-0.2, -0.15) is 8.42 Å². The van der Waals surface area contributed by atoms with Crippen LogP contribution in [0.1, 0.15) is 37.4 Å². The predicted octanol–water partition coefficient (Wildman–Crippen LogP) is 3.95. The number of hydrogen-bond acceptors (Lipinski definition) is 5. The molecule has 1 aromatic heterocycles. The first-order chi connectivity index (χ1) is 12.4. The molecule has 4 rings (SSSR count). The lowest BCUT2D eigenvalue weighted by atomic mass is 9.85. The Morgan fingerprint density at radius 1 is 1.08 bits per heavy atom. The Hall–Kier alpha value is -2.18. The smallest absolute Gasteiger partial charge is 0.264 e. The topological polar surface area (TPSA) is 73.6 Å². The highest BCUT2D eigenvalue weighted by Crippen LogP contribution is 2.36. The molecule has 2 atom stereocenters. The minimum atomic E-state index is -3.49. The summed E-state index contributed by atoms with van der Waals surface area (Å²) in [6.45, 7) is 0. The molecule has 136 valence electrons. The number of benzene rings is 2. The summed E-state index contributed by atoms with van der Waals surface area (Å²) in [4.78, 5) is 12.6. The SMILES string of the molecule is CS(=O)(=O)O[C@H]1CCC[C@@H](c2cc(=O)c3ccc4ccccc4c3o2)C1. The second-order valence-electron chi connectivity index (χ2n) is 6.96. The summed E-state index contributed by atoms with van der Waals surface area (Å²) in [5.41, 5.74) is 0.523. The van der Waals surface area contributed by atoms with Crippen LogP contribution in [0.5, 0.6) is 0 Å². The van der Waals surface area contributed by atoms with Crippen LogP contribution >= 0.6 is 0 Å². The molecule has 0 aliphatic heterocycles. The first-order valence-electron chi connectivity index (χ1n) is 8.74. The third-order valence-corrected chi connectivity index (χ3v) is 5.60. The highest BCUT2D eigenvalue weighted by molar-refractivity contribution is 7.86. The number of hydrogen-bond donors (Lipinski definition) is 0. The Morgan fingerprint density at radius 3 is 2.69 bits per heavy atom. The molecule has 0 unspecified atom stereocenters. The summed E-state index contributed by atoms with van der Waals surface area (Å²) in [7, 11) is -3.49. The van der Waals surface area contributed by atoms with E-state index in [9.17, 15) is 13.2 Å². The van der Waals surface area contributed by atoms with Gasteiger partial charge in [-0.3, -0.25) is 8.98 Å². The molecule has 0 saturated heterocycles. The van der Waals surface area contributed by atoms with Gasteiger partial charge in [0.15, 0.2) is 5.43 Å². The molecule has 0 bridgehead atoms. The second-order valence-corrected chi connectivity index (χ2v) is 8.56. The van der Waals surface area contributed by atoms with E-state index in [1.165, 1.54) is 0 Å². The third-order valence-electron chi connectivity index (χ3n) is 4.98. The molecule has 3 aromatic rings. The van der Waals surface area contributed by atoms with Crippen molar-refractivity contribution in [3.8, 4) is 0 Å². The van der Waals surface area contributed by atoms with Gasteiger partial charge in [0.2, 0.25) is 0 Å². The Kier molecular flexibility index (Phi) is 4.32. The molecular formula is C20H20O5S. The zero-order valence-electron chi connectivity index (χ0n) is 14.5. The Balaban J connectivity index is 1.77. The maximum Gasteiger partial charge on any atom is 0.264 e. The predicted molar refractivity (Wildman–Crippen MR) is 101 cm³/mol. The molecule has 5 nitrogen and oxygen atoms in total. The van der Waals surface area contributed by atoms with Crippen LogP contribution in [0.3, 0.4) is 0 Å². The van der Waals surface area contributed by atoms with Crippen molar-refractivity contribution in [2.24, 2.45) is 0 Å². The molecule has 1 heterocycles. The second kappa shape index (κ2) is 6.52. The average Bonchev–Trinajstić information content (AvgIpc) is 2.60. The third kappa shape index (κ3) is 3.39. The van der Waals surface area contributed by atoms with Crippen molar-refractivity contribution in [3.63, 3.8) is 0 Å². The number of fused-ring (bicyclic) bond motifs is 3. The lowest BCUT2D eigenvalue weighted by Crippen LogP contribution is -2.24. The highest BCUT2D eigenvalue weighted by Gasteiger charge is 2.28. The van der Waals surface area contributed by atoms with Crippen LogP contribution < -0.4 is 5.43 Å². The maximum absolute atomic E-state index is 12.6. The van der Waals surface area contributed by atoms with E-state index in [-0.39, 0.29) is 17.5 Å². The molecule has 1 fully saturated rings. The van der Waals surface area contributed by atoms with Crippen molar-refractivity contribution in [3.05, 3.63) is 58.4 Å². The number of rotatable bonds is 3. The molecule has 1 saturated carbocycles. The van der Waals surface area contributed by atoms with Gasteiger partial charge in [-0.05, 0) is 30.7 Å². The minimum Gasteiger partial charge on any atom is -0.460 e. The molecule has 1 aliphatic carbocycles. The van der Waals surface area contributed by atoms with Crippen molar-refractivity contribution in [2.45, 2.75) is 37.7 Å². The van der Waals surface area contributed by atoms with Crippen LogP contribution in [0, 0.1) is 0 Å². The van der Waals surface area contributed by atoms with Gasteiger partial charge in [0.05, 0.1) is 17.7 Å². The van der Waals surface area contributed by atoms with Crippen molar-refractivity contribution in [2.75, 3.05) is 6.26 Å². The van der Waals surface area contributed by atoms with Crippen molar-refractivity contribution in [1.82, 2.24) is 0 Å². The van der Waals surface area contributed by atoms with Gasteiger partial charge in [0.25, 0.3) is 10.1 Å². The first kappa shape index (κ1) is 17.2. The van der Waals surface area contributed by atoms with Crippen molar-refractivity contribution in [1.29, 1.82) is 0 Å². The fraction of sp³-hybridized carbons (Fsp3) is 0.350. The lowest BCUT2D eigenvalue weighted by Gasteiger charge is -2.27. The quantitative estimate of drug-likeness (QED) is 0.514. The summed E-state index contributed by atoms with van der Waals surface area (Å²) < 4.78 is 34.2. The van der Waals surface area contributed by atoms with E-state index < -0.39 is 10.1 Å². The standard InChI is InChI=1S/C20H20O5S/c1-26(22,23)25-15-7-4-6-14(11-15)19-12-18(21)17-10-9-13-5-2-3-8-16(13)20(17)24-19/h2-3,5,8-10,12,14-15H,4,6-7,11H2,1H3/t14-,15+/m1/s1. The van der Waals surface area contributed by atoms with Crippen LogP contribution in [0.15, 0.2) is 51.7 Å². The average molecular weight is 372 g/mol. The summed E-state index contributed by atoms with van der Waals surface area (Å²) in [5.74, 6) is 0.590. The van der Waals surface area contributed by atoms with E-state index in [0.29, 0.717) is 29.6 Å². The zero-order valence-corrected chi connectivity index (χ0v) is 15.3. The molecule has 0 radical (unpaired) electrons. The molecule has 0 N–H and O–H groups in total. The Morgan fingerprint density at radius 2 is 1.88 bits per heavy atom. The van der Waals surface area contributed by atoms with Crippen LogP contribution in [-0.4, -0.2) is 20.8 Å². The summed E-state index contributed by atoms with van der Waals surface area (Å²) in [5, 5.41) is 2.48. The van der Waals surface area contributed by atoms with E-state index in [2.05, 4.69) is 0 Å². The van der Waals surface area contributed by atoms with Gasteiger partial charge in [-0.1, -0.05) is 36.8 Å². The minimum absolute atomic E-state index is 0.0217. The summed E-state index contributed by atoms with van der Waals surface area (Å²) in [6.07, 6.45) is 3.62. The monoisotopic (exact) mass is 372 g/mol. The van der Waals surface area contributed by atoms with E-state index in [1.54, 1.807) is 12.1 Å². The van der Waals surface area contributed by atoms with Gasteiger partial charge in [0, 0.05) is 17.4 Å². The van der Waals surface area contributed by atoms with E-state index in [4.69, 9.17) is 8.60 Å². The Bertz CT molecular complexity index is 1130. The van der Waals surface area contributed by atoms with Crippen LogP contribution in [-0.2, 0) is 14.3 Å². The van der Waals surface area contributed by atoms with E-state index >= 15 is 0 Å². The molecule has 0 spiro atoms. The van der Waals surface area contributed by atoms with Crippen LogP contribution in [0.2, 0.25) is 0 Å². The van der Waals surface area contributed by atoms with Gasteiger partial charge in [-0.15, -0.1) is 0 Å². The van der Waals surface area contributed by atoms with E-state index in [1.807, 2.05) is 30.3 Å². The fourth-order valence-electron chi connectivity index (χ4n) is 3.84. The molecule has 1 aliphatic rings. The van der Waals surface area contributed by atoms with Crippen LogP contribution in [0.25, 0.3) is 21.7 Å². The largest absolute Gasteiger partial charge is 0.460 e. The zero-order chi connectivity index (χ0) is 18.3. The fourth-order valence-corrected chi connectivity index (χ4v) is 4.51. The Labute approximate surface area is 151 Å². The van der Waals surface area contributed by atoms with Crippen molar-refractivity contribution >= 4 is 31.9 Å².